The lowest BCUT2D eigenvalue weighted by Gasteiger charge is -2.29. The third kappa shape index (κ3) is 4.30. The van der Waals surface area contributed by atoms with Crippen LogP contribution in [0.25, 0.3) is 0 Å². The molecule has 0 saturated heterocycles. The number of hydrogen-bond donors (Lipinski definition) is 2. The van der Waals surface area contributed by atoms with Gasteiger partial charge in [0.1, 0.15) is 0 Å². The van der Waals surface area contributed by atoms with Gasteiger partial charge in [0, 0.05) is 13.1 Å². The molecule has 0 aliphatic rings. The summed E-state index contributed by atoms with van der Waals surface area (Å²) in [4.78, 5) is 0.355. The Morgan fingerprint density at radius 1 is 1.20 bits per heavy atom. The Bertz CT molecular complexity index is 537. The molecule has 0 atom stereocenters. The highest BCUT2D eigenvalue weighted by Crippen LogP contribution is 2.25. The largest absolute Gasteiger partial charge is 0.316 e. The molecule has 0 aromatic heterocycles. The zero-order chi connectivity index (χ0) is 15.4. The maximum absolute atomic E-state index is 12.5. The Morgan fingerprint density at radius 2 is 1.80 bits per heavy atom. The third-order valence-corrected chi connectivity index (χ3v) is 5.41. The first-order valence-electron chi connectivity index (χ1n) is 6.93. The van der Waals surface area contributed by atoms with Gasteiger partial charge in [-0.15, -0.1) is 0 Å². The van der Waals surface area contributed by atoms with Crippen molar-refractivity contribution in [3.8, 4) is 0 Å². The number of hydrogen-bond acceptors (Lipinski definition) is 3. The fraction of sp³-hybridized carbons (Fsp3) is 0.600. The Labute approximate surface area is 123 Å². The molecule has 1 rings (SSSR count). The van der Waals surface area contributed by atoms with Crippen LogP contribution < -0.4 is 10.0 Å². The van der Waals surface area contributed by atoms with E-state index >= 15 is 0 Å². The molecule has 20 heavy (non-hydrogen) atoms. The van der Waals surface area contributed by atoms with Crippen LogP contribution in [0.15, 0.2) is 29.2 Å². The molecule has 0 unspecified atom stereocenters. The molecule has 1 aromatic carbocycles. The molecule has 0 bridgehead atoms. The first-order chi connectivity index (χ1) is 9.20. The lowest BCUT2D eigenvalue weighted by Crippen LogP contribution is -2.37. The molecule has 5 heteroatoms. The Hall–Kier alpha value is -0.910. The predicted molar refractivity (Wildman–Crippen MR) is 83.0 cm³/mol. The third-order valence-electron chi connectivity index (χ3n) is 3.91. The topological polar surface area (TPSA) is 58.2 Å². The molecular weight excluding hydrogens is 272 g/mol. The Balaban J connectivity index is 2.95. The van der Waals surface area contributed by atoms with Crippen molar-refractivity contribution in [1.29, 1.82) is 0 Å². The quantitative estimate of drug-likeness (QED) is 0.812. The predicted octanol–water partition coefficient (Wildman–Crippen LogP) is 2.37. The van der Waals surface area contributed by atoms with Crippen molar-refractivity contribution < 1.29 is 8.42 Å². The molecule has 0 spiro atoms. The number of benzene rings is 1. The van der Waals surface area contributed by atoms with Gasteiger partial charge in [-0.2, -0.15) is 0 Å². The van der Waals surface area contributed by atoms with E-state index in [1.165, 1.54) is 0 Å². The number of rotatable bonds is 7. The minimum Gasteiger partial charge on any atom is -0.316 e. The van der Waals surface area contributed by atoms with Gasteiger partial charge in [0.15, 0.2) is 0 Å². The highest BCUT2D eigenvalue weighted by Gasteiger charge is 2.26. The highest BCUT2D eigenvalue weighted by molar-refractivity contribution is 7.89. The van der Waals surface area contributed by atoms with Gasteiger partial charge in [-0.25, -0.2) is 13.1 Å². The van der Waals surface area contributed by atoms with Crippen molar-refractivity contribution >= 4 is 10.0 Å². The van der Waals surface area contributed by atoms with E-state index in [-0.39, 0.29) is 5.41 Å². The fourth-order valence-corrected chi connectivity index (χ4v) is 3.13. The maximum atomic E-state index is 12.5. The van der Waals surface area contributed by atoms with Crippen LogP contribution in [0.2, 0.25) is 0 Å². The molecule has 0 fully saturated rings. The maximum Gasteiger partial charge on any atom is 0.240 e. The van der Waals surface area contributed by atoms with Crippen molar-refractivity contribution in [2.45, 2.75) is 39.1 Å². The van der Waals surface area contributed by atoms with E-state index in [1.807, 2.05) is 12.1 Å². The van der Waals surface area contributed by atoms with Gasteiger partial charge in [0.05, 0.1) is 4.90 Å². The highest BCUT2D eigenvalue weighted by atomic mass is 32.2. The van der Waals surface area contributed by atoms with Crippen LogP contribution >= 0.6 is 0 Å². The van der Waals surface area contributed by atoms with Crippen LogP contribution in [0.5, 0.6) is 0 Å². The van der Waals surface area contributed by atoms with Crippen LogP contribution in [0.4, 0.5) is 0 Å². The smallest absolute Gasteiger partial charge is 0.240 e. The first kappa shape index (κ1) is 17.1. The van der Waals surface area contributed by atoms with Crippen LogP contribution in [0.1, 0.15) is 33.3 Å². The van der Waals surface area contributed by atoms with Crippen molar-refractivity contribution in [3.63, 3.8) is 0 Å². The minimum atomic E-state index is -3.47. The van der Waals surface area contributed by atoms with E-state index in [0.29, 0.717) is 23.9 Å². The van der Waals surface area contributed by atoms with E-state index in [1.54, 1.807) is 19.2 Å². The number of nitrogens with one attached hydrogen (secondary N) is 2. The summed E-state index contributed by atoms with van der Waals surface area (Å²) in [6.07, 6.45) is 0. The fourth-order valence-electron chi connectivity index (χ4n) is 1.67. The van der Waals surface area contributed by atoms with Gasteiger partial charge in [0.2, 0.25) is 10.0 Å². The second kappa shape index (κ2) is 6.70. The molecule has 114 valence electrons. The molecule has 2 N–H and O–H groups in total. The number of sulfonamides is 1. The molecule has 4 nitrogen and oxygen atoms in total. The van der Waals surface area contributed by atoms with Crippen molar-refractivity contribution in [2.24, 2.45) is 11.3 Å². The van der Waals surface area contributed by atoms with E-state index in [0.717, 1.165) is 5.56 Å². The Morgan fingerprint density at radius 3 is 2.35 bits per heavy atom. The normalized spacial score (nSPS) is 12.9. The summed E-state index contributed by atoms with van der Waals surface area (Å²) in [5.74, 6) is 0.401. The van der Waals surface area contributed by atoms with Crippen molar-refractivity contribution in [3.05, 3.63) is 29.8 Å². The molecule has 0 heterocycles. The zero-order valence-electron chi connectivity index (χ0n) is 13.0. The minimum absolute atomic E-state index is 0.0784. The molecule has 0 saturated carbocycles. The van der Waals surface area contributed by atoms with Crippen molar-refractivity contribution in [2.75, 3.05) is 13.6 Å². The Kier molecular flexibility index (Phi) is 5.74. The van der Waals surface area contributed by atoms with Gasteiger partial charge in [-0.3, -0.25) is 0 Å². The van der Waals surface area contributed by atoms with Crippen molar-refractivity contribution in [1.82, 2.24) is 10.0 Å². The summed E-state index contributed by atoms with van der Waals surface area (Å²) in [5, 5.41) is 2.99. The summed E-state index contributed by atoms with van der Waals surface area (Å²) < 4.78 is 27.7. The van der Waals surface area contributed by atoms with Crippen LogP contribution in [-0.4, -0.2) is 22.0 Å². The lowest BCUT2D eigenvalue weighted by molar-refractivity contribution is 0.252. The van der Waals surface area contributed by atoms with E-state index < -0.39 is 10.0 Å². The second-order valence-electron chi connectivity index (χ2n) is 6.11. The first-order valence-corrected chi connectivity index (χ1v) is 8.41. The zero-order valence-corrected chi connectivity index (χ0v) is 13.8. The molecule has 0 aliphatic heterocycles. The summed E-state index contributed by atoms with van der Waals surface area (Å²) in [7, 11) is -1.67. The SMILES string of the molecule is CNCc1ccccc1S(=O)(=O)NCC(C)(C)C(C)C. The summed E-state index contributed by atoms with van der Waals surface area (Å²) in [5.41, 5.74) is 0.704. The molecule has 1 aromatic rings. The van der Waals surface area contributed by atoms with Gasteiger partial charge < -0.3 is 5.32 Å². The van der Waals surface area contributed by atoms with Gasteiger partial charge >= 0.3 is 0 Å². The lowest BCUT2D eigenvalue weighted by atomic mass is 9.81. The summed E-state index contributed by atoms with van der Waals surface area (Å²) in [6, 6.07) is 7.08. The summed E-state index contributed by atoms with van der Waals surface area (Å²) >= 11 is 0. The monoisotopic (exact) mass is 298 g/mol. The van der Waals surface area contributed by atoms with Gasteiger partial charge in [0.25, 0.3) is 0 Å². The van der Waals surface area contributed by atoms with E-state index in [4.69, 9.17) is 0 Å². The average Bonchev–Trinajstić information content (AvgIpc) is 2.37. The van der Waals surface area contributed by atoms with Gasteiger partial charge in [-0.1, -0.05) is 45.9 Å². The van der Waals surface area contributed by atoms with E-state index in [2.05, 4.69) is 37.7 Å². The van der Waals surface area contributed by atoms with E-state index in [9.17, 15) is 8.42 Å². The molecule has 0 amide bonds. The second-order valence-corrected chi connectivity index (χ2v) is 7.84. The van der Waals surface area contributed by atoms with Gasteiger partial charge in [-0.05, 0) is 30.0 Å². The molecule has 0 radical (unpaired) electrons. The molecular formula is C15H26N2O2S. The molecule has 0 aliphatic carbocycles. The average molecular weight is 298 g/mol. The summed E-state index contributed by atoms with van der Waals surface area (Å²) in [6.45, 7) is 9.30. The van der Waals surface area contributed by atoms with Crippen LogP contribution in [-0.2, 0) is 16.6 Å². The van der Waals surface area contributed by atoms with Crippen LogP contribution in [0, 0.1) is 11.3 Å². The standard InChI is InChI=1S/C15H26N2O2S/c1-12(2)15(3,4)11-17-20(18,19)14-9-7-6-8-13(14)10-16-5/h6-9,12,16-17H,10-11H2,1-5H3. The van der Waals surface area contributed by atoms with Crippen LogP contribution in [0.3, 0.4) is 0 Å².